The first-order chi connectivity index (χ1) is 24.3. The van der Waals surface area contributed by atoms with Gasteiger partial charge in [0.1, 0.15) is 23.6 Å². The Morgan fingerprint density at radius 1 is 0.902 bits per heavy atom. The third kappa shape index (κ3) is 8.15. The Labute approximate surface area is 297 Å². The Morgan fingerprint density at radius 2 is 1.61 bits per heavy atom. The van der Waals surface area contributed by atoms with Gasteiger partial charge >= 0.3 is 6.09 Å². The highest BCUT2D eigenvalue weighted by Crippen LogP contribution is 2.45. The van der Waals surface area contributed by atoms with Crippen molar-refractivity contribution < 1.29 is 33.5 Å². The van der Waals surface area contributed by atoms with Gasteiger partial charge in [-0.1, -0.05) is 36.4 Å². The van der Waals surface area contributed by atoms with Crippen molar-refractivity contribution in [3.8, 4) is 34.1 Å². The van der Waals surface area contributed by atoms with Crippen LogP contribution in [0.1, 0.15) is 25.0 Å². The highest BCUT2D eigenvalue weighted by atomic mass is 16.6. The molecule has 0 atom stereocenters. The Bertz CT molecular complexity index is 1910. The van der Waals surface area contributed by atoms with Crippen molar-refractivity contribution in [2.24, 2.45) is 0 Å². The Hall–Kier alpha value is -5.82. The van der Waals surface area contributed by atoms with Crippen molar-refractivity contribution in [1.29, 1.82) is 0 Å². The molecule has 0 fully saturated rings. The molecule has 0 saturated heterocycles. The lowest BCUT2D eigenvalue weighted by molar-refractivity contribution is -0.385. The van der Waals surface area contributed by atoms with Crippen LogP contribution in [-0.2, 0) is 17.9 Å². The molecule has 4 aromatic carbocycles. The number of hydrogen-bond acceptors (Lipinski definition) is 10. The van der Waals surface area contributed by atoms with Gasteiger partial charge in [0.05, 0.1) is 36.6 Å². The van der Waals surface area contributed by atoms with E-state index in [1.54, 1.807) is 48.9 Å². The van der Waals surface area contributed by atoms with Crippen LogP contribution >= 0.6 is 0 Å². The summed E-state index contributed by atoms with van der Waals surface area (Å²) < 4.78 is 23.4. The molecule has 5 rings (SSSR count). The maximum absolute atomic E-state index is 13.5. The summed E-state index contributed by atoms with van der Waals surface area (Å²) in [5.41, 5.74) is 3.16. The minimum Gasteiger partial charge on any atom is -0.496 e. The number of non-ortho nitro benzene ring substituents is 1. The maximum atomic E-state index is 13.5. The molecule has 13 nitrogen and oxygen atoms in total. The number of nitro benzene ring substituents is 1. The van der Waals surface area contributed by atoms with Gasteiger partial charge in [-0.15, -0.1) is 0 Å². The molecular formula is C38H43N5O8. The summed E-state index contributed by atoms with van der Waals surface area (Å²) in [5.74, 6) is 1.01. The summed E-state index contributed by atoms with van der Waals surface area (Å²) in [7, 11) is 8.55. The van der Waals surface area contributed by atoms with E-state index in [1.165, 1.54) is 32.4 Å². The van der Waals surface area contributed by atoms with Crippen LogP contribution in [0, 0.1) is 10.1 Å². The van der Waals surface area contributed by atoms with Crippen LogP contribution in [-0.4, -0.2) is 80.7 Å². The second kappa shape index (κ2) is 15.4. The summed E-state index contributed by atoms with van der Waals surface area (Å²) in [6.07, 6.45) is -0.502. The first-order valence-corrected chi connectivity index (χ1v) is 16.3. The van der Waals surface area contributed by atoms with Gasteiger partial charge in [0.25, 0.3) is 11.6 Å². The molecule has 0 unspecified atom stereocenters. The number of anilines is 2. The average Bonchev–Trinajstić information content (AvgIpc) is 3.11. The monoisotopic (exact) mass is 697 g/mol. The zero-order valence-electron chi connectivity index (χ0n) is 29.9. The van der Waals surface area contributed by atoms with Crippen LogP contribution in [0.2, 0.25) is 0 Å². The molecule has 0 spiro atoms. The fourth-order valence-electron chi connectivity index (χ4n) is 5.95. The molecule has 0 aliphatic carbocycles. The number of nitrogens with one attached hydrogen (secondary N) is 1. The fraction of sp³-hybridized carbons (Fsp3) is 0.316. The standard InChI is InChI=1S/C38H43N5O8/c1-38(2)36(44)41(5)35-30(24-50-34-21-26(43(46)47)13-18-32(34)48-6)28(16-17-31(35)39-38)29-15-14-27(22-33(29)49-7)51-37(45)42(20-19-40(3)4)23-25-11-9-8-10-12-25/h8-18,21-22,39H,19-20,23-24H2,1-7H3. The minimum atomic E-state index is -0.866. The van der Waals surface area contributed by atoms with Crippen molar-refractivity contribution in [3.05, 3.63) is 100 Å². The van der Waals surface area contributed by atoms with Crippen molar-refractivity contribution in [3.63, 3.8) is 0 Å². The lowest BCUT2D eigenvalue weighted by Crippen LogP contribution is -2.52. The number of fused-ring (bicyclic) bond motifs is 1. The molecule has 1 aliphatic heterocycles. The quantitative estimate of drug-likeness (QED) is 0.120. The van der Waals surface area contributed by atoms with E-state index in [9.17, 15) is 19.7 Å². The summed E-state index contributed by atoms with van der Waals surface area (Å²) in [5, 5.41) is 14.9. The van der Waals surface area contributed by atoms with E-state index in [0.717, 1.165) is 5.56 Å². The number of likely N-dealkylation sites (N-methyl/N-ethyl adjacent to an activating group) is 2. The second-order valence-corrected chi connectivity index (χ2v) is 12.9. The molecule has 1 heterocycles. The zero-order valence-corrected chi connectivity index (χ0v) is 29.9. The number of rotatable bonds is 13. The van der Waals surface area contributed by atoms with Crippen LogP contribution in [0.3, 0.4) is 0 Å². The van der Waals surface area contributed by atoms with Gasteiger partial charge in [-0.05, 0) is 63.3 Å². The summed E-state index contributed by atoms with van der Waals surface area (Å²) in [6, 6.07) is 22.7. The number of nitrogens with zero attached hydrogens (tertiary/aromatic N) is 4. The largest absolute Gasteiger partial charge is 0.496 e. The maximum Gasteiger partial charge on any atom is 0.415 e. The molecule has 0 aromatic heterocycles. The third-order valence-electron chi connectivity index (χ3n) is 8.59. The van der Waals surface area contributed by atoms with Gasteiger partial charge in [0.2, 0.25) is 0 Å². The molecule has 1 aliphatic rings. The SMILES string of the molecule is COc1ccc([N+](=O)[O-])cc1OCc1c(-c2ccc(OC(=O)N(CCN(C)C)Cc3ccccc3)cc2OC)ccc2c1N(C)C(=O)C(C)(C)N2. The average molecular weight is 698 g/mol. The van der Waals surface area contributed by atoms with Crippen molar-refractivity contribution in [2.75, 3.05) is 58.7 Å². The highest BCUT2D eigenvalue weighted by Gasteiger charge is 2.39. The molecule has 13 heteroatoms. The van der Waals surface area contributed by atoms with Gasteiger partial charge in [0.15, 0.2) is 11.5 Å². The summed E-state index contributed by atoms with van der Waals surface area (Å²) >= 11 is 0. The number of ether oxygens (including phenoxy) is 4. The van der Waals surface area contributed by atoms with Crippen molar-refractivity contribution >= 4 is 29.1 Å². The molecule has 268 valence electrons. The molecule has 2 amide bonds. The normalized spacial score (nSPS) is 13.3. The van der Waals surface area contributed by atoms with Crippen LogP contribution < -0.4 is 29.2 Å². The molecule has 51 heavy (non-hydrogen) atoms. The first kappa shape index (κ1) is 36.5. The Kier molecular flexibility index (Phi) is 11.0. The number of benzene rings is 4. The Balaban J connectivity index is 1.52. The van der Waals surface area contributed by atoms with Gasteiger partial charge in [-0.3, -0.25) is 14.9 Å². The highest BCUT2D eigenvalue weighted by molar-refractivity contribution is 6.08. The van der Waals surface area contributed by atoms with E-state index in [0.29, 0.717) is 59.2 Å². The predicted octanol–water partition coefficient (Wildman–Crippen LogP) is 6.59. The third-order valence-corrected chi connectivity index (χ3v) is 8.59. The van der Waals surface area contributed by atoms with Crippen molar-refractivity contribution in [1.82, 2.24) is 9.80 Å². The number of amides is 2. The molecule has 0 bridgehead atoms. The van der Waals surface area contributed by atoms with Crippen LogP contribution in [0.25, 0.3) is 11.1 Å². The lowest BCUT2D eigenvalue weighted by Gasteiger charge is -2.39. The molecule has 0 radical (unpaired) electrons. The van der Waals surface area contributed by atoms with Gasteiger partial charge < -0.3 is 39.0 Å². The summed E-state index contributed by atoms with van der Waals surface area (Å²) in [4.78, 5) is 43.2. The lowest BCUT2D eigenvalue weighted by atomic mass is 9.91. The number of nitro groups is 1. The first-order valence-electron chi connectivity index (χ1n) is 16.3. The number of carbonyl (C=O) groups excluding carboxylic acids is 2. The minimum absolute atomic E-state index is 0.0873. The van der Waals surface area contributed by atoms with Gasteiger partial charge in [-0.25, -0.2) is 4.79 Å². The Morgan fingerprint density at radius 3 is 2.27 bits per heavy atom. The number of carbonyl (C=O) groups is 2. The molecular weight excluding hydrogens is 654 g/mol. The van der Waals surface area contributed by atoms with E-state index in [1.807, 2.05) is 61.5 Å². The molecule has 0 saturated carbocycles. The second-order valence-electron chi connectivity index (χ2n) is 12.9. The topological polar surface area (TPSA) is 136 Å². The predicted molar refractivity (Wildman–Crippen MR) is 195 cm³/mol. The number of hydrogen-bond donors (Lipinski definition) is 1. The van der Waals surface area contributed by atoms with Gasteiger partial charge in [-0.2, -0.15) is 0 Å². The van der Waals surface area contributed by atoms with E-state index >= 15 is 0 Å². The smallest absolute Gasteiger partial charge is 0.415 e. The van der Waals surface area contributed by atoms with Crippen LogP contribution in [0.15, 0.2) is 78.9 Å². The fourth-order valence-corrected chi connectivity index (χ4v) is 5.95. The summed E-state index contributed by atoms with van der Waals surface area (Å²) in [6.45, 7) is 5.01. The van der Waals surface area contributed by atoms with Crippen LogP contribution in [0.4, 0.5) is 21.9 Å². The molecule has 4 aromatic rings. The zero-order chi connectivity index (χ0) is 36.9. The van der Waals surface area contributed by atoms with E-state index in [4.69, 9.17) is 18.9 Å². The van der Waals surface area contributed by atoms with Crippen molar-refractivity contribution in [2.45, 2.75) is 32.5 Å². The van der Waals surface area contributed by atoms with Crippen LogP contribution in [0.5, 0.6) is 23.0 Å². The van der Waals surface area contributed by atoms with Gasteiger partial charge in [0, 0.05) is 49.9 Å². The number of methoxy groups -OCH3 is 2. The van der Waals surface area contributed by atoms with E-state index in [2.05, 4.69) is 5.32 Å². The molecule has 1 N–H and O–H groups in total. The van der Waals surface area contributed by atoms with E-state index < -0.39 is 16.6 Å². The van der Waals surface area contributed by atoms with E-state index in [-0.39, 0.29) is 29.7 Å².